The van der Waals surface area contributed by atoms with Gasteiger partial charge in [-0.3, -0.25) is 0 Å². The van der Waals surface area contributed by atoms with Crippen LogP contribution >= 0.6 is 24.8 Å². The van der Waals surface area contributed by atoms with Crippen molar-refractivity contribution in [2.45, 2.75) is 78.6 Å². The van der Waals surface area contributed by atoms with Gasteiger partial charge in [0.2, 0.25) is 0 Å². The van der Waals surface area contributed by atoms with Gasteiger partial charge < -0.3 is 14.5 Å². The van der Waals surface area contributed by atoms with Crippen LogP contribution in [-0.2, 0) is 6.42 Å². The van der Waals surface area contributed by atoms with Crippen molar-refractivity contribution in [1.82, 2.24) is 4.90 Å². The Morgan fingerprint density at radius 2 is 1.79 bits per heavy atom. The van der Waals surface area contributed by atoms with Gasteiger partial charge in [0.05, 0.1) is 6.61 Å². The zero-order valence-electron chi connectivity index (χ0n) is 21.8. The van der Waals surface area contributed by atoms with E-state index in [4.69, 9.17) is 4.74 Å². The van der Waals surface area contributed by atoms with Crippen molar-refractivity contribution in [1.29, 1.82) is 0 Å². The maximum Gasteiger partial charge on any atom is 0.119 e. The summed E-state index contributed by atoms with van der Waals surface area (Å²) in [5.74, 6) is 1.81. The third-order valence-corrected chi connectivity index (χ3v) is 6.87. The molecule has 0 N–H and O–H groups in total. The molecule has 1 aromatic carbocycles. The van der Waals surface area contributed by atoms with Gasteiger partial charge in [-0.25, -0.2) is 0 Å². The fraction of sp³-hybridized carbons (Fsp3) is 0.655. The molecule has 3 nitrogen and oxygen atoms in total. The topological polar surface area (TPSA) is 15.7 Å². The van der Waals surface area contributed by atoms with Crippen molar-refractivity contribution in [3.05, 3.63) is 47.6 Å². The molecule has 2 heterocycles. The highest BCUT2D eigenvalue weighted by molar-refractivity contribution is 5.85. The third kappa shape index (κ3) is 10.6. The standard InChI is InChI=1S/C20H32N2O.C9H14.2ClH/c1-2-3-14-22-15-10-18-17-19(8-9-20(18)22)23-16-7-13-21-11-5-4-6-12-21;1-8-5-3-4-6-9(2)7-8;;/h8-9,17H,2-7,10-16H2,1H3;3,5-6,8H,4,7H2,1-2H3;2*1H. The highest BCUT2D eigenvalue weighted by Gasteiger charge is 2.18. The lowest BCUT2D eigenvalue weighted by Crippen LogP contribution is -2.31. The minimum Gasteiger partial charge on any atom is -0.494 e. The predicted octanol–water partition coefficient (Wildman–Crippen LogP) is 7.87. The molecule has 1 atom stereocenters. The summed E-state index contributed by atoms with van der Waals surface area (Å²) in [4.78, 5) is 5.11. The summed E-state index contributed by atoms with van der Waals surface area (Å²) in [5, 5.41) is 0. The summed E-state index contributed by atoms with van der Waals surface area (Å²) in [6.07, 6.45) is 18.3. The second-order valence-corrected chi connectivity index (χ2v) is 9.88. The molecule has 5 heteroatoms. The Bertz CT molecular complexity index is 744. The molecule has 0 radical (unpaired) electrons. The maximum atomic E-state index is 5.99. The van der Waals surface area contributed by atoms with Gasteiger partial charge in [-0.05, 0) is 94.6 Å². The Morgan fingerprint density at radius 3 is 2.56 bits per heavy atom. The SMILES string of the molecule is CC1=CCC=CC(C)C1.CCCCN1CCc2cc(OCCCN3CCCCC3)ccc21.Cl.Cl. The highest BCUT2D eigenvalue weighted by atomic mass is 35.5. The number of benzene rings is 1. The molecule has 0 aromatic heterocycles. The van der Waals surface area contributed by atoms with Crippen LogP contribution in [0.2, 0.25) is 0 Å². The molecular formula is C29H48Cl2N2O. The van der Waals surface area contributed by atoms with Crippen molar-refractivity contribution < 1.29 is 4.74 Å². The molecule has 0 spiro atoms. The van der Waals surface area contributed by atoms with Crippen LogP contribution in [0.15, 0.2) is 42.0 Å². The van der Waals surface area contributed by atoms with E-state index >= 15 is 0 Å². The van der Waals surface area contributed by atoms with Crippen LogP contribution in [0, 0.1) is 5.92 Å². The quantitative estimate of drug-likeness (QED) is 0.261. The first-order chi connectivity index (χ1) is 15.7. The molecule has 4 rings (SSSR count). The Balaban J connectivity index is 0.000000448. The van der Waals surface area contributed by atoms with Crippen molar-refractivity contribution in [3.63, 3.8) is 0 Å². The second-order valence-electron chi connectivity index (χ2n) is 9.88. The van der Waals surface area contributed by atoms with E-state index in [1.807, 2.05) is 0 Å². The molecule has 2 aliphatic heterocycles. The second kappa shape index (κ2) is 17.3. The summed E-state index contributed by atoms with van der Waals surface area (Å²) in [7, 11) is 0. The Hall–Kier alpha value is -1.16. The molecular weight excluding hydrogens is 463 g/mol. The monoisotopic (exact) mass is 510 g/mol. The molecule has 0 saturated carbocycles. The predicted molar refractivity (Wildman–Crippen MR) is 153 cm³/mol. The average molecular weight is 512 g/mol. The number of halogens is 2. The fourth-order valence-corrected chi connectivity index (χ4v) is 5.02. The van der Waals surface area contributed by atoms with Crippen LogP contribution in [0.5, 0.6) is 5.75 Å². The number of ether oxygens (including phenoxy) is 1. The van der Waals surface area contributed by atoms with Gasteiger partial charge in [0, 0.05) is 25.3 Å². The lowest BCUT2D eigenvalue weighted by molar-refractivity contribution is 0.205. The zero-order valence-corrected chi connectivity index (χ0v) is 23.4. The van der Waals surface area contributed by atoms with Gasteiger partial charge in [-0.15, -0.1) is 24.8 Å². The van der Waals surface area contributed by atoms with E-state index < -0.39 is 0 Å². The number of hydrogen-bond acceptors (Lipinski definition) is 3. The van der Waals surface area contributed by atoms with E-state index in [-0.39, 0.29) is 24.8 Å². The largest absolute Gasteiger partial charge is 0.494 e. The first kappa shape index (κ1) is 30.9. The minimum atomic E-state index is 0. The molecule has 0 bridgehead atoms. The number of nitrogens with zero attached hydrogens (tertiary/aromatic N) is 2. The molecule has 1 aliphatic carbocycles. The van der Waals surface area contributed by atoms with Gasteiger partial charge >= 0.3 is 0 Å². The Morgan fingerprint density at radius 1 is 1.00 bits per heavy atom. The van der Waals surface area contributed by atoms with Crippen LogP contribution in [0.25, 0.3) is 0 Å². The highest BCUT2D eigenvalue weighted by Crippen LogP contribution is 2.31. The number of piperidine rings is 1. The molecule has 1 saturated heterocycles. The van der Waals surface area contributed by atoms with Gasteiger partial charge in [0.25, 0.3) is 0 Å². The molecule has 0 amide bonds. The van der Waals surface area contributed by atoms with Crippen molar-refractivity contribution in [3.8, 4) is 5.75 Å². The summed E-state index contributed by atoms with van der Waals surface area (Å²) in [6, 6.07) is 6.68. The summed E-state index contributed by atoms with van der Waals surface area (Å²) in [6.45, 7) is 13.7. The lowest BCUT2D eigenvalue weighted by Gasteiger charge is -2.26. The average Bonchev–Trinajstić information content (AvgIpc) is 3.11. The van der Waals surface area contributed by atoms with Crippen molar-refractivity contribution in [2.75, 3.05) is 44.2 Å². The number of unbranched alkanes of at least 4 members (excludes halogenated alkanes) is 1. The number of likely N-dealkylation sites (tertiary alicyclic amines) is 1. The van der Waals surface area contributed by atoms with Crippen molar-refractivity contribution in [2.24, 2.45) is 5.92 Å². The first-order valence-electron chi connectivity index (χ1n) is 13.2. The van der Waals surface area contributed by atoms with E-state index in [1.165, 1.54) is 94.5 Å². The number of hydrogen-bond donors (Lipinski definition) is 0. The summed E-state index contributed by atoms with van der Waals surface area (Å²) < 4.78 is 5.99. The minimum absolute atomic E-state index is 0. The van der Waals surface area contributed by atoms with Crippen LogP contribution in [0.1, 0.15) is 77.7 Å². The van der Waals surface area contributed by atoms with E-state index in [2.05, 4.69) is 67.0 Å². The van der Waals surface area contributed by atoms with Crippen LogP contribution in [0.4, 0.5) is 5.69 Å². The van der Waals surface area contributed by atoms with Gasteiger partial charge in [0.1, 0.15) is 5.75 Å². The van der Waals surface area contributed by atoms with E-state index in [0.29, 0.717) is 0 Å². The van der Waals surface area contributed by atoms with Gasteiger partial charge in [-0.2, -0.15) is 0 Å². The maximum absolute atomic E-state index is 5.99. The van der Waals surface area contributed by atoms with Crippen LogP contribution < -0.4 is 9.64 Å². The number of rotatable bonds is 8. The normalized spacial score (nSPS) is 19.6. The van der Waals surface area contributed by atoms with E-state index in [1.54, 1.807) is 0 Å². The molecule has 1 fully saturated rings. The lowest BCUT2D eigenvalue weighted by atomic mass is 10.0. The molecule has 1 aromatic rings. The van der Waals surface area contributed by atoms with E-state index in [9.17, 15) is 0 Å². The smallest absolute Gasteiger partial charge is 0.119 e. The first-order valence-corrected chi connectivity index (χ1v) is 13.2. The summed E-state index contributed by atoms with van der Waals surface area (Å²) >= 11 is 0. The van der Waals surface area contributed by atoms with Crippen molar-refractivity contribution >= 4 is 30.5 Å². The Kier molecular flexibility index (Phi) is 15.7. The number of anilines is 1. The molecule has 3 aliphatic rings. The fourth-order valence-electron chi connectivity index (χ4n) is 5.02. The van der Waals surface area contributed by atoms with Crippen LogP contribution in [0.3, 0.4) is 0 Å². The van der Waals surface area contributed by atoms with Crippen LogP contribution in [-0.4, -0.2) is 44.2 Å². The van der Waals surface area contributed by atoms with E-state index in [0.717, 1.165) is 31.1 Å². The molecule has 34 heavy (non-hydrogen) atoms. The van der Waals surface area contributed by atoms with Gasteiger partial charge in [0.15, 0.2) is 0 Å². The third-order valence-electron chi connectivity index (χ3n) is 6.87. The van der Waals surface area contributed by atoms with Gasteiger partial charge in [-0.1, -0.05) is 50.5 Å². The number of allylic oxidation sites excluding steroid dienone is 4. The summed E-state index contributed by atoms with van der Waals surface area (Å²) in [5.41, 5.74) is 4.43. The Labute approximate surface area is 221 Å². The molecule has 194 valence electrons. The number of fused-ring (bicyclic) bond motifs is 1. The zero-order chi connectivity index (χ0) is 22.6. The molecule has 1 unspecified atom stereocenters.